The minimum absolute atomic E-state index is 0.256. The number of aryl methyl sites for hydroxylation is 2. The second-order valence-corrected chi connectivity index (χ2v) is 4.73. The summed E-state index contributed by atoms with van der Waals surface area (Å²) in [4.78, 5) is 0. The minimum atomic E-state index is 0.256. The summed E-state index contributed by atoms with van der Waals surface area (Å²) in [6.07, 6.45) is 0. The zero-order chi connectivity index (χ0) is 12.6. The van der Waals surface area contributed by atoms with Crippen molar-refractivity contribution in [2.45, 2.75) is 26.7 Å². The Balaban J connectivity index is 2.53. The molecule has 2 aromatic rings. The van der Waals surface area contributed by atoms with Crippen molar-refractivity contribution in [3.8, 4) is 17.0 Å². The van der Waals surface area contributed by atoms with E-state index in [-0.39, 0.29) is 5.92 Å². The number of benzene rings is 1. The molecular weight excluding hydrogens is 212 g/mol. The lowest BCUT2D eigenvalue weighted by Gasteiger charge is -2.05. The molecule has 0 atom stereocenters. The predicted octanol–water partition coefficient (Wildman–Crippen LogP) is 3.22. The molecule has 1 heterocycles. The van der Waals surface area contributed by atoms with E-state index in [4.69, 9.17) is 0 Å². The molecule has 0 saturated heterocycles. The molecular formula is C14H18N2O. The minimum Gasteiger partial charge on any atom is -0.504 e. The van der Waals surface area contributed by atoms with Gasteiger partial charge in [0.05, 0.1) is 5.69 Å². The Bertz CT molecular complexity index is 524. The maximum atomic E-state index is 10.2. The maximum absolute atomic E-state index is 10.2. The highest BCUT2D eigenvalue weighted by Gasteiger charge is 2.18. The fourth-order valence-corrected chi connectivity index (χ4v) is 2.08. The maximum Gasteiger partial charge on any atom is 0.165 e. The highest BCUT2D eigenvalue weighted by molar-refractivity contribution is 5.67. The van der Waals surface area contributed by atoms with Crippen LogP contribution in [0.3, 0.4) is 0 Å². The van der Waals surface area contributed by atoms with Crippen LogP contribution in [-0.2, 0) is 7.05 Å². The van der Waals surface area contributed by atoms with E-state index < -0.39 is 0 Å². The van der Waals surface area contributed by atoms with Crippen molar-refractivity contribution in [3.05, 3.63) is 35.5 Å². The van der Waals surface area contributed by atoms with Crippen LogP contribution < -0.4 is 0 Å². The first kappa shape index (κ1) is 11.7. The van der Waals surface area contributed by atoms with Gasteiger partial charge in [0, 0.05) is 12.6 Å². The van der Waals surface area contributed by atoms with Crippen molar-refractivity contribution in [1.29, 1.82) is 0 Å². The molecule has 90 valence electrons. The van der Waals surface area contributed by atoms with Gasteiger partial charge in [-0.1, -0.05) is 43.7 Å². The van der Waals surface area contributed by atoms with Crippen molar-refractivity contribution in [3.63, 3.8) is 0 Å². The lowest BCUT2D eigenvalue weighted by molar-refractivity contribution is 0.462. The van der Waals surface area contributed by atoms with Gasteiger partial charge in [-0.3, -0.25) is 4.68 Å². The SMILES string of the molecule is Cc1ccc(-c2nn(C)c(C(C)C)c2O)cc1. The molecule has 17 heavy (non-hydrogen) atoms. The molecule has 0 spiro atoms. The largest absolute Gasteiger partial charge is 0.504 e. The van der Waals surface area contributed by atoms with Gasteiger partial charge in [-0.2, -0.15) is 5.10 Å². The van der Waals surface area contributed by atoms with E-state index in [1.165, 1.54) is 5.56 Å². The summed E-state index contributed by atoms with van der Waals surface area (Å²) in [7, 11) is 1.87. The third-order valence-corrected chi connectivity index (χ3v) is 2.94. The third kappa shape index (κ3) is 2.05. The quantitative estimate of drug-likeness (QED) is 0.860. The fraction of sp³-hybridized carbons (Fsp3) is 0.357. The van der Waals surface area contributed by atoms with Gasteiger partial charge in [-0.15, -0.1) is 0 Å². The van der Waals surface area contributed by atoms with E-state index in [0.29, 0.717) is 11.4 Å². The molecule has 0 fully saturated rings. The van der Waals surface area contributed by atoms with Crippen molar-refractivity contribution >= 4 is 0 Å². The molecule has 1 aromatic carbocycles. The first-order valence-corrected chi connectivity index (χ1v) is 5.83. The van der Waals surface area contributed by atoms with E-state index in [0.717, 1.165) is 11.3 Å². The second-order valence-electron chi connectivity index (χ2n) is 4.73. The Morgan fingerprint density at radius 1 is 1.18 bits per heavy atom. The van der Waals surface area contributed by atoms with Crippen molar-refractivity contribution < 1.29 is 5.11 Å². The molecule has 3 heteroatoms. The Morgan fingerprint density at radius 2 is 1.76 bits per heavy atom. The number of aromatic hydroxyl groups is 1. The first-order valence-electron chi connectivity index (χ1n) is 5.83. The summed E-state index contributed by atoms with van der Waals surface area (Å²) in [5.41, 5.74) is 3.70. The first-order chi connectivity index (χ1) is 8.00. The zero-order valence-electron chi connectivity index (χ0n) is 10.7. The van der Waals surface area contributed by atoms with Crippen LogP contribution in [0.25, 0.3) is 11.3 Å². The van der Waals surface area contributed by atoms with Crippen LogP contribution >= 0.6 is 0 Å². The lowest BCUT2D eigenvalue weighted by atomic mass is 10.1. The molecule has 0 aliphatic rings. The Kier molecular flexibility index (Phi) is 2.92. The van der Waals surface area contributed by atoms with E-state index >= 15 is 0 Å². The van der Waals surface area contributed by atoms with Gasteiger partial charge >= 0.3 is 0 Å². The average Bonchev–Trinajstić information content (AvgIpc) is 2.55. The summed E-state index contributed by atoms with van der Waals surface area (Å²) in [6.45, 7) is 6.15. The van der Waals surface area contributed by atoms with Crippen LogP contribution in [0.1, 0.15) is 31.0 Å². The van der Waals surface area contributed by atoms with E-state index in [2.05, 4.69) is 18.9 Å². The van der Waals surface area contributed by atoms with Crippen LogP contribution in [0.15, 0.2) is 24.3 Å². The van der Waals surface area contributed by atoms with Gasteiger partial charge in [0.15, 0.2) is 5.75 Å². The number of rotatable bonds is 2. The van der Waals surface area contributed by atoms with Crippen molar-refractivity contribution in [2.75, 3.05) is 0 Å². The molecule has 1 N–H and O–H groups in total. The Morgan fingerprint density at radius 3 is 2.24 bits per heavy atom. The van der Waals surface area contributed by atoms with Gasteiger partial charge in [0.25, 0.3) is 0 Å². The van der Waals surface area contributed by atoms with Crippen LogP contribution in [0.5, 0.6) is 5.75 Å². The van der Waals surface area contributed by atoms with Gasteiger partial charge in [0.1, 0.15) is 5.69 Å². The number of hydrogen-bond donors (Lipinski definition) is 1. The summed E-state index contributed by atoms with van der Waals surface area (Å²) < 4.78 is 1.76. The second kappa shape index (κ2) is 4.24. The molecule has 0 amide bonds. The predicted molar refractivity (Wildman–Crippen MR) is 69.1 cm³/mol. The van der Waals surface area contributed by atoms with E-state index in [1.54, 1.807) is 4.68 Å². The fourth-order valence-electron chi connectivity index (χ4n) is 2.08. The molecule has 2 rings (SSSR count). The van der Waals surface area contributed by atoms with E-state index in [1.807, 2.05) is 38.2 Å². The van der Waals surface area contributed by atoms with Crippen molar-refractivity contribution in [1.82, 2.24) is 9.78 Å². The summed E-state index contributed by atoms with van der Waals surface area (Å²) in [6, 6.07) is 8.03. The molecule has 0 aliphatic heterocycles. The molecule has 3 nitrogen and oxygen atoms in total. The van der Waals surface area contributed by atoms with Crippen LogP contribution in [-0.4, -0.2) is 14.9 Å². The van der Waals surface area contributed by atoms with Crippen LogP contribution in [0.2, 0.25) is 0 Å². The zero-order valence-corrected chi connectivity index (χ0v) is 10.7. The van der Waals surface area contributed by atoms with Crippen molar-refractivity contribution in [2.24, 2.45) is 7.05 Å². The Labute approximate surface area is 102 Å². The van der Waals surface area contributed by atoms with Gasteiger partial charge < -0.3 is 5.11 Å². The normalized spacial score (nSPS) is 11.1. The number of aromatic nitrogens is 2. The van der Waals surface area contributed by atoms with Crippen LogP contribution in [0, 0.1) is 6.92 Å². The molecule has 0 radical (unpaired) electrons. The molecule has 0 unspecified atom stereocenters. The van der Waals surface area contributed by atoms with Crippen LogP contribution in [0.4, 0.5) is 0 Å². The molecule has 0 aliphatic carbocycles. The highest BCUT2D eigenvalue weighted by Crippen LogP contribution is 2.34. The van der Waals surface area contributed by atoms with E-state index in [9.17, 15) is 5.11 Å². The summed E-state index contributed by atoms with van der Waals surface area (Å²) in [5, 5.41) is 14.6. The Hall–Kier alpha value is -1.77. The van der Waals surface area contributed by atoms with Gasteiger partial charge in [-0.25, -0.2) is 0 Å². The summed E-state index contributed by atoms with van der Waals surface area (Å²) >= 11 is 0. The van der Waals surface area contributed by atoms with Gasteiger partial charge in [-0.05, 0) is 12.8 Å². The third-order valence-electron chi connectivity index (χ3n) is 2.94. The number of nitrogens with zero attached hydrogens (tertiary/aromatic N) is 2. The molecule has 1 aromatic heterocycles. The number of hydrogen-bond acceptors (Lipinski definition) is 2. The van der Waals surface area contributed by atoms with Gasteiger partial charge in [0.2, 0.25) is 0 Å². The standard InChI is InChI=1S/C14H18N2O/c1-9(2)13-14(17)12(15-16(13)4)11-7-5-10(3)6-8-11/h5-9,17H,1-4H3. The summed E-state index contributed by atoms with van der Waals surface area (Å²) in [5.74, 6) is 0.554. The lowest BCUT2D eigenvalue weighted by Crippen LogP contribution is -1.99. The molecule has 0 saturated carbocycles. The monoisotopic (exact) mass is 230 g/mol. The highest BCUT2D eigenvalue weighted by atomic mass is 16.3. The smallest absolute Gasteiger partial charge is 0.165 e. The average molecular weight is 230 g/mol. The topological polar surface area (TPSA) is 38.0 Å². The molecule has 0 bridgehead atoms.